The molecule has 32 heavy (non-hydrogen) atoms. The van der Waals surface area contributed by atoms with Gasteiger partial charge in [0, 0.05) is 11.1 Å². The lowest BCUT2D eigenvalue weighted by atomic mass is 10.1. The largest absolute Gasteiger partial charge is 0.493 e. The zero-order valence-electron chi connectivity index (χ0n) is 20.9. The zero-order valence-corrected chi connectivity index (χ0v) is 22.6. The molecule has 2 heterocycles. The summed E-state index contributed by atoms with van der Waals surface area (Å²) in [6.07, 6.45) is 15.8. The van der Waals surface area contributed by atoms with Gasteiger partial charge in [0.25, 0.3) is 0 Å². The van der Waals surface area contributed by atoms with Gasteiger partial charge in [-0.1, -0.05) is 52.4 Å². The summed E-state index contributed by atoms with van der Waals surface area (Å²) in [7, 11) is 1.08. The van der Waals surface area contributed by atoms with Gasteiger partial charge in [-0.15, -0.1) is 0 Å². The van der Waals surface area contributed by atoms with Gasteiger partial charge in [-0.25, -0.2) is 0 Å². The van der Waals surface area contributed by atoms with Gasteiger partial charge >= 0.3 is 0 Å². The Morgan fingerprint density at radius 2 is 1.00 bits per heavy atom. The van der Waals surface area contributed by atoms with E-state index in [0.29, 0.717) is 21.8 Å². The minimum Gasteiger partial charge on any atom is -0.493 e. The van der Waals surface area contributed by atoms with E-state index in [-0.39, 0.29) is 0 Å². The van der Waals surface area contributed by atoms with Gasteiger partial charge in [0.2, 0.25) is 0 Å². The molecule has 1 aromatic carbocycles. The fourth-order valence-electron chi connectivity index (χ4n) is 4.72. The summed E-state index contributed by atoms with van der Waals surface area (Å²) in [5.74, 6) is 10.4. The first-order chi connectivity index (χ1) is 15.8. The van der Waals surface area contributed by atoms with Crippen molar-refractivity contribution >= 4 is 21.8 Å². The first-order valence-electron chi connectivity index (χ1n) is 13.5. The van der Waals surface area contributed by atoms with Crippen molar-refractivity contribution in [1.82, 2.24) is 0 Å². The summed E-state index contributed by atoms with van der Waals surface area (Å²) >= 11 is 0. The fourth-order valence-corrected chi connectivity index (χ4v) is 9.48. The quantitative estimate of drug-likeness (QED) is 0.181. The highest BCUT2D eigenvalue weighted by Crippen LogP contribution is 2.35. The van der Waals surface area contributed by atoms with Gasteiger partial charge in [-0.3, -0.25) is 0 Å². The highest BCUT2D eigenvalue weighted by molar-refractivity contribution is 7.96. The van der Waals surface area contributed by atoms with E-state index >= 15 is 0 Å². The average molecular weight is 481 g/mol. The molecule has 2 fully saturated rings. The molecule has 4 heteroatoms. The van der Waals surface area contributed by atoms with Crippen molar-refractivity contribution in [2.45, 2.75) is 102 Å². The predicted octanol–water partition coefficient (Wildman–Crippen LogP) is 7.43. The van der Waals surface area contributed by atoms with Crippen molar-refractivity contribution in [3.05, 3.63) is 23.3 Å². The maximum atomic E-state index is 6.46. The maximum Gasteiger partial charge on any atom is 0.136 e. The summed E-state index contributed by atoms with van der Waals surface area (Å²) in [5, 5.41) is 0. The van der Waals surface area contributed by atoms with E-state index in [4.69, 9.17) is 9.47 Å². The second-order valence-electron chi connectivity index (χ2n) is 9.63. The molecular weight excluding hydrogens is 432 g/mol. The molecule has 2 aliphatic heterocycles. The summed E-state index contributed by atoms with van der Waals surface area (Å²) in [6.45, 7) is 6.28. The standard InChI is InChI=1S/C28H48O2S2/c1-3-5-7-9-15-29-27-21-26(24-32-19-13-14-20-32)28(30-16-10-8-6-4-2)22-25(27)23-31-17-11-12-18-31/h21-22H,3-20,23-24H2,1-2H3/q+2. The van der Waals surface area contributed by atoms with Crippen LogP contribution in [0.3, 0.4) is 0 Å². The molecule has 0 radical (unpaired) electrons. The molecule has 0 spiro atoms. The Hall–Kier alpha value is -0.480. The summed E-state index contributed by atoms with van der Waals surface area (Å²) < 4.78 is 12.9. The Balaban J connectivity index is 1.74. The molecular formula is C28H48O2S2+2. The van der Waals surface area contributed by atoms with E-state index in [1.165, 1.54) is 134 Å². The second-order valence-corrected chi connectivity index (χ2v) is 14.3. The molecule has 0 N–H and O–H groups in total. The highest BCUT2D eigenvalue weighted by Gasteiger charge is 2.29. The molecule has 0 atom stereocenters. The second kappa shape index (κ2) is 15.4. The molecule has 0 unspecified atom stereocenters. The smallest absolute Gasteiger partial charge is 0.136 e. The Bertz CT molecular complexity index is 581. The first-order valence-corrected chi connectivity index (χ1v) is 17.0. The normalized spacial score (nSPS) is 17.3. The minimum absolute atomic E-state index is 0.538. The fraction of sp³-hybridized carbons (Fsp3) is 0.786. The molecule has 3 rings (SSSR count). The minimum atomic E-state index is 0.538. The number of ether oxygens (including phenoxy) is 2. The van der Waals surface area contributed by atoms with Crippen LogP contribution in [0, 0.1) is 0 Å². The molecule has 2 aliphatic rings. The van der Waals surface area contributed by atoms with Crippen LogP contribution in [-0.4, -0.2) is 36.2 Å². The van der Waals surface area contributed by atoms with Gasteiger partial charge in [0.1, 0.15) is 46.0 Å². The summed E-state index contributed by atoms with van der Waals surface area (Å²) in [5.41, 5.74) is 2.85. The van der Waals surface area contributed by atoms with E-state index in [9.17, 15) is 0 Å². The maximum absolute atomic E-state index is 6.46. The van der Waals surface area contributed by atoms with Crippen LogP contribution < -0.4 is 9.47 Å². The first kappa shape index (κ1) is 26.1. The van der Waals surface area contributed by atoms with Crippen LogP contribution in [0.5, 0.6) is 11.5 Å². The predicted molar refractivity (Wildman–Crippen MR) is 146 cm³/mol. The molecule has 2 saturated heterocycles. The number of hydrogen-bond acceptors (Lipinski definition) is 2. The molecule has 2 nitrogen and oxygen atoms in total. The van der Waals surface area contributed by atoms with E-state index in [1.807, 2.05) is 0 Å². The van der Waals surface area contributed by atoms with Crippen LogP contribution in [0.25, 0.3) is 0 Å². The lowest BCUT2D eigenvalue weighted by molar-refractivity contribution is 0.293. The van der Waals surface area contributed by atoms with Gasteiger partial charge in [0.15, 0.2) is 0 Å². The van der Waals surface area contributed by atoms with E-state index in [0.717, 1.165) is 13.2 Å². The lowest BCUT2D eigenvalue weighted by Gasteiger charge is -2.17. The third-order valence-corrected chi connectivity index (χ3v) is 11.6. The molecule has 0 aromatic heterocycles. The lowest BCUT2D eigenvalue weighted by Crippen LogP contribution is -2.13. The van der Waals surface area contributed by atoms with Crippen molar-refractivity contribution in [2.24, 2.45) is 0 Å². The molecule has 182 valence electrons. The van der Waals surface area contributed by atoms with Gasteiger partial charge in [-0.05, 0) is 72.4 Å². The summed E-state index contributed by atoms with van der Waals surface area (Å²) in [6, 6.07) is 4.81. The van der Waals surface area contributed by atoms with E-state index in [1.54, 1.807) is 0 Å². The third-order valence-electron chi connectivity index (χ3n) is 6.71. The molecule has 0 saturated carbocycles. The SMILES string of the molecule is CCCCCCOc1cc(C[S+]2CCCC2)c(OCCCCCC)cc1C[S+]1CCCC1. The van der Waals surface area contributed by atoms with Crippen LogP contribution in [0.4, 0.5) is 0 Å². The Kier molecular flexibility index (Phi) is 12.6. The van der Waals surface area contributed by atoms with E-state index < -0.39 is 0 Å². The van der Waals surface area contributed by atoms with Crippen molar-refractivity contribution in [2.75, 3.05) is 36.2 Å². The molecule has 0 bridgehead atoms. The van der Waals surface area contributed by atoms with Crippen LogP contribution in [0.2, 0.25) is 0 Å². The van der Waals surface area contributed by atoms with Crippen LogP contribution in [-0.2, 0) is 33.3 Å². The van der Waals surface area contributed by atoms with E-state index in [2.05, 4.69) is 26.0 Å². The monoisotopic (exact) mass is 480 g/mol. The van der Waals surface area contributed by atoms with Crippen LogP contribution in [0.1, 0.15) is 102 Å². The number of hydrogen-bond donors (Lipinski definition) is 0. The number of unbranched alkanes of at least 4 members (excludes halogenated alkanes) is 6. The van der Waals surface area contributed by atoms with Crippen molar-refractivity contribution < 1.29 is 9.47 Å². The summed E-state index contributed by atoms with van der Waals surface area (Å²) in [4.78, 5) is 0. The van der Waals surface area contributed by atoms with Crippen molar-refractivity contribution in [3.63, 3.8) is 0 Å². The zero-order chi connectivity index (χ0) is 22.4. The third kappa shape index (κ3) is 9.05. The Morgan fingerprint density at radius 3 is 1.38 bits per heavy atom. The van der Waals surface area contributed by atoms with Gasteiger partial charge in [-0.2, -0.15) is 0 Å². The van der Waals surface area contributed by atoms with Crippen molar-refractivity contribution in [3.8, 4) is 11.5 Å². The van der Waals surface area contributed by atoms with Crippen LogP contribution >= 0.6 is 0 Å². The highest BCUT2D eigenvalue weighted by atomic mass is 32.2. The Labute approximate surface area is 204 Å². The molecule has 1 aromatic rings. The molecule has 0 amide bonds. The average Bonchev–Trinajstić information content (AvgIpc) is 3.50. The Morgan fingerprint density at radius 1 is 0.594 bits per heavy atom. The molecule has 0 aliphatic carbocycles. The topological polar surface area (TPSA) is 18.5 Å². The number of benzene rings is 1. The van der Waals surface area contributed by atoms with Crippen molar-refractivity contribution in [1.29, 1.82) is 0 Å². The van der Waals surface area contributed by atoms with Crippen LogP contribution in [0.15, 0.2) is 12.1 Å². The van der Waals surface area contributed by atoms with Gasteiger partial charge in [0.05, 0.1) is 13.2 Å². The van der Waals surface area contributed by atoms with Gasteiger partial charge < -0.3 is 9.47 Å². The number of rotatable bonds is 16.